The Balaban J connectivity index is 1.87. The van der Waals surface area contributed by atoms with Gasteiger partial charge in [-0.1, -0.05) is 6.07 Å². The number of aromatic nitrogens is 1. The number of rotatable bonds is 5. The van der Waals surface area contributed by atoms with Crippen LogP contribution < -0.4 is 0 Å². The lowest BCUT2D eigenvalue weighted by Gasteiger charge is -2.27. The van der Waals surface area contributed by atoms with Gasteiger partial charge in [-0.05, 0) is 45.0 Å². The number of carbonyl (C=O) groups is 2. The number of nitrogens with zero attached hydrogens (tertiary/aromatic N) is 3. The maximum Gasteiger partial charge on any atom is 0.290 e. The van der Waals surface area contributed by atoms with Crippen LogP contribution in [0.25, 0.3) is 0 Å². The summed E-state index contributed by atoms with van der Waals surface area (Å²) in [6, 6.07) is 4.79. The third kappa shape index (κ3) is 2.99. The quantitative estimate of drug-likeness (QED) is 0.890. The van der Waals surface area contributed by atoms with E-state index in [2.05, 4.69) is 9.88 Å². The molecule has 1 saturated heterocycles. The predicted molar refractivity (Wildman–Crippen MR) is 84.7 cm³/mol. The Morgan fingerprint density at radius 3 is 2.65 bits per heavy atom. The Morgan fingerprint density at radius 1 is 1.30 bits per heavy atom. The Bertz CT molecular complexity index is 636. The number of aliphatic hydroxyl groups is 1. The van der Waals surface area contributed by atoms with Crippen molar-refractivity contribution in [3.05, 3.63) is 41.4 Å². The second kappa shape index (κ2) is 6.50. The maximum absolute atomic E-state index is 12.4. The summed E-state index contributed by atoms with van der Waals surface area (Å²) < 4.78 is 0. The standard InChI is InChI=1S/C17H21N3O3/c1-12(21)14-15(13-6-2-3-7-18-13)20(17(23)16(14)22)11-10-19-8-4-5-9-19/h2-3,6-7,15,22H,4-5,8-11H2,1H3. The number of likely N-dealkylation sites (tertiary alicyclic amines) is 1. The normalized spacial score (nSPS) is 22.2. The summed E-state index contributed by atoms with van der Waals surface area (Å²) in [6.45, 7) is 4.66. The van der Waals surface area contributed by atoms with Gasteiger partial charge in [0, 0.05) is 19.3 Å². The fraction of sp³-hybridized carbons (Fsp3) is 0.471. The first kappa shape index (κ1) is 15.7. The highest BCUT2D eigenvalue weighted by Gasteiger charge is 2.42. The van der Waals surface area contributed by atoms with Gasteiger partial charge >= 0.3 is 0 Å². The summed E-state index contributed by atoms with van der Waals surface area (Å²) in [4.78, 5) is 32.5. The molecule has 1 unspecified atom stereocenters. The van der Waals surface area contributed by atoms with Crippen LogP contribution in [0.3, 0.4) is 0 Å². The number of carbonyl (C=O) groups excluding carboxylic acids is 2. The van der Waals surface area contributed by atoms with Gasteiger partial charge < -0.3 is 14.9 Å². The van der Waals surface area contributed by atoms with E-state index in [0.717, 1.165) is 19.6 Å². The van der Waals surface area contributed by atoms with Gasteiger partial charge in [-0.2, -0.15) is 0 Å². The molecule has 23 heavy (non-hydrogen) atoms. The average Bonchev–Trinajstić information content (AvgIpc) is 3.14. The highest BCUT2D eigenvalue weighted by molar-refractivity contribution is 6.07. The number of aliphatic hydroxyl groups excluding tert-OH is 1. The van der Waals surface area contributed by atoms with Gasteiger partial charge in [-0.15, -0.1) is 0 Å². The molecule has 1 atom stereocenters. The highest BCUT2D eigenvalue weighted by Crippen LogP contribution is 2.36. The molecule has 0 aliphatic carbocycles. The van der Waals surface area contributed by atoms with Crippen molar-refractivity contribution < 1.29 is 14.7 Å². The molecule has 0 spiro atoms. The van der Waals surface area contributed by atoms with Gasteiger partial charge in [-0.3, -0.25) is 14.6 Å². The fourth-order valence-corrected chi connectivity index (χ4v) is 3.34. The van der Waals surface area contributed by atoms with E-state index < -0.39 is 17.7 Å². The lowest BCUT2D eigenvalue weighted by molar-refractivity contribution is -0.129. The van der Waals surface area contributed by atoms with Crippen molar-refractivity contribution in [3.8, 4) is 0 Å². The van der Waals surface area contributed by atoms with Crippen LogP contribution in [0.2, 0.25) is 0 Å². The van der Waals surface area contributed by atoms with Crippen LogP contribution in [0.5, 0.6) is 0 Å². The van der Waals surface area contributed by atoms with Crippen molar-refractivity contribution in [2.75, 3.05) is 26.2 Å². The summed E-state index contributed by atoms with van der Waals surface area (Å²) in [6.07, 6.45) is 3.99. The van der Waals surface area contributed by atoms with E-state index in [1.165, 1.54) is 19.8 Å². The van der Waals surface area contributed by atoms with Crippen LogP contribution in [0.15, 0.2) is 35.7 Å². The fourth-order valence-electron chi connectivity index (χ4n) is 3.34. The largest absolute Gasteiger partial charge is 0.503 e. The van der Waals surface area contributed by atoms with Crippen molar-refractivity contribution in [3.63, 3.8) is 0 Å². The molecule has 2 aliphatic rings. The summed E-state index contributed by atoms with van der Waals surface area (Å²) >= 11 is 0. The zero-order valence-corrected chi connectivity index (χ0v) is 13.2. The van der Waals surface area contributed by atoms with Crippen LogP contribution in [-0.2, 0) is 9.59 Å². The lowest BCUT2D eigenvalue weighted by atomic mass is 10.0. The summed E-state index contributed by atoms with van der Waals surface area (Å²) in [5.74, 6) is -1.21. The molecule has 2 aliphatic heterocycles. The maximum atomic E-state index is 12.4. The summed E-state index contributed by atoms with van der Waals surface area (Å²) in [7, 11) is 0. The van der Waals surface area contributed by atoms with E-state index in [0.29, 0.717) is 12.2 Å². The van der Waals surface area contributed by atoms with E-state index >= 15 is 0 Å². The zero-order chi connectivity index (χ0) is 16.4. The van der Waals surface area contributed by atoms with Crippen molar-refractivity contribution in [1.29, 1.82) is 0 Å². The first-order valence-electron chi connectivity index (χ1n) is 7.98. The second-order valence-corrected chi connectivity index (χ2v) is 6.02. The minimum absolute atomic E-state index is 0.148. The van der Waals surface area contributed by atoms with Crippen LogP contribution in [0.4, 0.5) is 0 Å². The van der Waals surface area contributed by atoms with Crippen LogP contribution in [-0.4, -0.2) is 57.8 Å². The SMILES string of the molecule is CC(=O)C1=C(O)C(=O)N(CCN2CCCC2)C1c1ccccn1. The zero-order valence-electron chi connectivity index (χ0n) is 13.2. The van der Waals surface area contributed by atoms with Crippen molar-refractivity contribution in [2.24, 2.45) is 0 Å². The average molecular weight is 315 g/mol. The first-order valence-corrected chi connectivity index (χ1v) is 7.98. The third-order valence-corrected chi connectivity index (χ3v) is 4.51. The number of amides is 1. The molecule has 3 heterocycles. The van der Waals surface area contributed by atoms with Gasteiger partial charge in [0.05, 0.1) is 11.3 Å². The van der Waals surface area contributed by atoms with E-state index in [1.54, 1.807) is 23.2 Å². The number of ketones is 1. The molecule has 1 fully saturated rings. The second-order valence-electron chi connectivity index (χ2n) is 6.02. The number of hydrogen-bond acceptors (Lipinski definition) is 5. The summed E-state index contributed by atoms with van der Waals surface area (Å²) in [5, 5.41) is 10.1. The van der Waals surface area contributed by atoms with Crippen LogP contribution >= 0.6 is 0 Å². The molecule has 0 aromatic carbocycles. The monoisotopic (exact) mass is 315 g/mol. The van der Waals surface area contributed by atoms with E-state index in [-0.39, 0.29) is 11.4 Å². The van der Waals surface area contributed by atoms with Gasteiger partial charge in [-0.25, -0.2) is 0 Å². The molecule has 3 rings (SSSR count). The highest BCUT2D eigenvalue weighted by atomic mass is 16.3. The summed E-state index contributed by atoms with van der Waals surface area (Å²) in [5.41, 5.74) is 0.756. The molecule has 0 saturated carbocycles. The van der Waals surface area contributed by atoms with E-state index in [1.807, 2.05) is 6.07 Å². The van der Waals surface area contributed by atoms with Crippen LogP contribution in [0.1, 0.15) is 31.5 Å². The van der Waals surface area contributed by atoms with Crippen LogP contribution in [0, 0.1) is 0 Å². The molecular weight excluding hydrogens is 294 g/mol. The number of pyridine rings is 1. The molecule has 6 heteroatoms. The topological polar surface area (TPSA) is 73.7 Å². The van der Waals surface area contributed by atoms with Crippen molar-refractivity contribution in [2.45, 2.75) is 25.8 Å². The van der Waals surface area contributed by atoms with Crippen molar-refractivity contribution >= 4 is 11.7 Å². The minimum Gasteiger partial charge on any atom is -0.503 e. The molecule has 1 aromatic rings. The smallest absolute Gasteiger partial charge is 0.290 e. The van der Waals surface area contributed by atoms with Gasteiger partial charge in [0.15, 0.2) is 11.5 Å². The molecule has 0 bridgehead atoms. The van der Waals surface area contributed by atoms with E-state index in [4.69, 9.17) is 0 Å². The van der Waals surface area contributed by atoms with Gasteiger partial charge in [0.1, 0.15) is 6.04 Å². The Kier molecular flexibility index (Phi) is 4.43. The molecule has 122 valence electrons. The van der Waals surface area contributed by atoms with Gasteiger partial charge in [0.2, 0.25) is 0 Å². The van der Waals surface area contributed by atoms with Gasteiger partial charge in [0.25, 0.3) is 5.91 Å². The molecule has 1 amide bonds. The Morgan fingerprint density at radius 2 is 2.04 bits per heavy atom. The minimum atomic E-state index is -0.594. The number of Topliss-reactive ketones (excluding diaryl/α,β-unsaturated/α-hetero) is 1. The lowest BCUT2D eigenvalue weighted by Crippen LogP contribution is -2.38. The number of hydrogen-bond donors (Lipinski definition) is 1. The molecule has 6 nitrogen and oxygen atoms in total. The Labute approximate surface area is 135 Å². The third-order valence-electron chi connectivity index (χ3n) is 4.51. The van der Waals surface area contributed by atoms with E-state index in [9.17, 15) is 14.7 Å². The Hall–Kier alpha value is -2.21. The molecule has 1 aromatic heterocycles. The predicted octanol–water partition coefficient (Wildman–Crippen LogP) is 1.46. The van der Waals surface area contributed by atoms with Crippen molar-refractivity contribution in [1.82, 2.24) is 14.8 Å². The first-order chi connectivity index (χ1) is 11.1. The molecule has 0 radical (unpaired) electrons. The molecular formula is C17H21N3O3. The molecule has 1 N–H and O–H groups in total.